The maximum atomic E-state index is 4.37. The van der Waals surface area contributed by atoms with Crippen LogP contribution < -0.4 is 5.32 Å². The summed E-state index contributed by atoms with van der Waals surface area (Å²) in [4.78, 5) is 8.73. The molecule has 1 aromatic rings. The predicted octanol–water partition coefficient (Wildman–Crippen LogP) is 3.37. The quantitative estimate of drug-likeness (QED) is 0.839. The number of nitrogens with zero attached hydrogens (tertiary/aromatic N) is 2. The molecular weight excluding hydrogens is 254 g/mol. The van der Waals surface area contributed by atoms with Crippen LogP contribution in [0.5, 0.6) is 0 Å². The van der Waals surface area contributed by atoms with Crippen LogP contribution in [0.15, 0.2) is 23.6 Å². The van der Waals surface area contributed by atoms with Crippen LogP contribution in [0.25, 0.3) is 0 Å². The molecule has 4 unspecified atom stereocenters. The summed E-state index contributed by atoms with van der Waals surface area (Å²) in [5, 5.41) is 5.23. The lowest BCUT2D eigenvalue weighted by Gasteiger charge is -2.39. The van der Waals surface area contributed by atoms with Crippen LogP contribution >= 0.6 is 11.8 Å². The van der Waals surface area contributed by atoms with E-state index in [0.29, 0.717) is 17.2 Å². The minimum Gasteiger partial charge on any atom is -0.313 e. The molecule has 2 rings (SSSR count). The van der Waals surface area contributed by atoms with Crippen molar-refractivity contribution >= 4 is 11.8 Å². The molecular formula is C15H25N3S. The number of thioether (sulfide) groups is 1. The van der Waals surface area contributed by atoms with Gasteiger partial charge in [-0.25, -0.2) is 9.97 Å². The highest BCUT2D eigenvalue weighted by atomic mass is 32.2. The third kappa shape index (κ3) is 4.18. The maximum Gasteiger partial charge on any atom is 0.187 e. The van der Waals surface area contributed by atoms with Gasteiger partial charge in [0.15, 0.2) is 5.16 Å². The molecule has 0 bridgehead atoms. The van der Waals surface area contributed by atoms with Crippen LogP contribution in [-0.4, -0.2) is 27.8 Å². The lowest BCUT2D eigenvalue weighted by molar-refractivity contribution is 0.249. The fraction of sp³-hybridized carbons (Fsp3) is 0.733. The van der Waals surface area contributed by atoms with Crippen molar-refractivity contribution in [3.8, 4) is 0 Å². The molecule has 0 saturated heterocycles. The molecule has 4 atom stereocenters. The van der Waals surface area contributed by atoms with E-state index in [9.17, 15) is 0 Å². The van der Waals surface area contributed by atoms with Crippen molar-refractivity contribution in [3.63, 3.8) is 0 Å². The molecule has 4 heteroatoms. The van der Waals surface area contributed by atoms with Gasteiger partial charge in [-0.15, -0.1) is 0 Å². The Balaban J connectivity index is 2.04. The molecule has 1 heterocycles. The highest BCUT2D eigenvalue weighted by Crippen LogP contribution is 2.38. The van der Waals surface area contributed by atoms with Gasteiger partial charge in [-0.2, -0.15) is 0 Å². The minimum absolute atomic E-state index is 0.588. The number of rotatable bonds is 5. The first-order chi connectivity index (χ1) is 9.20. The lowest BCUT2D eigenvalue weighted by Crippen LogP contribution is -2.46. The highest BCUT2D eigenvalue weighted by molar-refractivity contribution is 7.99. The summed E-state index contributed by atoms with van der Waals surface area (Å²) < 4.78 is 0. The van der Waals surface area contributed by atoms with Gasteiger partial charge in [-0.3, -0.25) is 0 Å². The SMILES string of the molecule is CCCNC1CC(C)CC(C)C1Sc1ncccn1. The number of nitrogens with one attached hydrogen (secondary N) is 1. The number of hydrogen-bond donors (Lipinski definition) is 1. The standard InChI is InChI=1S/C15H25N3S/c1-4-6-16-13-10-11(2)9-12(3)14(13)19-15-17-7-5-8-18-15/h5,7-8,11-14,16H,4,6,9-10H2,1-3H3. The van der Waals surface area contributed by atoms with Crippen LogP contribution in [-0.2, 0) is 0 Å². The molecule has 0 aliphatic heterocycles. The Kier molecular flexibility index (Phi) is 5.64. The van der Waals surface area contributed by atoms with Crippen molar-refractivity contribution in [2.24, 2.45) is 11.8 Å². The topological polar surface area (TPSA) is 37.8 Å². The second-order valence-corrected chi connectivity index (χ2v) is 6.87. The summed E-state index contributed by atoms with van der Waals surface area (Å²) >= 11 is 1.85. The summed E-state index contributed by atoms with van der Waals surface area (Å²) in [6.07, 6.45) is 7.45. The van der Waals surface area contributed by atoms with Crippen LogP contribution in [0.4, 0.5) is 0 Å². The van der Waals surface area contributed by atoms with Gasteiger partial charge in [0, 0.05) is 23.7 Å². The Labute approximate surface area is 121 Å². The second kappa shape index (κ2) is 7.25. The Morgan fingerprint density at radius 1 is 1.26 bits per heavy atom. The molecule has 1 aliphatic rings. The molecule has 0 aromatic carbocycles. The minimum atomic E-state index is 0.588. The van der Waals surface area contributed by atoms with Crippen molar-refractivity contribution in [2.45, 2.75) is 56.5 Å². The smallest absolute Gasteiger partial charge is 0.187 e. The van der Waals surface area contributed by atoms with Crippen molar-refractivity contribution in [1.29, 1.82) is 0 Å². The molecule has 1 aromatic heterocycles. The second-order valence-electron chi connectivity index (χ2n) is 5.73. The predicted molar refractivity (Wildman–Crippen MR) is 81.3 cm³/mol. The van der Waals surface area contributed by atoms with Gasteiger partial charge in [0.05, 0.1) is 0 Å². The van der Waals surface area contributed by atoms with Crippen molar-refractivity contribution in [1.82, 2.24) is 15.3 Å². The van der Waals surface area contributed by atoms with Gasteiger partial charge in [0.25, 0.3) is 0 Å². The van der Waals surface area contributed by atoms with Crippen LogP contribution in [0.2, 0.25) is 0 Å². The monoisotopic (exact) mass is 279 g/mol. The average Bonchev–Trinajstić information content (AvgIpc) is 2.41. The summed E-state index contributed by atoms with van der Waals surface area (Å²) in [5.74, 6) is 1.53. The van der Waals surface area contributed by atoms with Gasteiger partial charge < -0.3 is 5.32 Å². The zero-order chi connectivity index (χ0) is 13.7. The van der Waals surface area contributed by atoms with Gasteiger partial charge in [0.1, 0.15) is 0 Å². The fourth-order valence-corrected chi connectivity index (χ4v) is 4.23. The zero-order valence-electron chi connectivity index (χ0n) is 12.2. The van der Waals surface area contributed by atoms with Gasteiger partial charge >= 0.3 is 0 Å². The van der Waals surface area contributed by atoms with E-state index in [4.69, 9.17) is 0 Å². The van der Waals surface area contributed by atoms with Gasteiger partial charge in [-0.05, 0) is 43.7 Å². The van der Waals surface area contributed by atoms with Crippen molar-refractivity contribution in [3.05, 3.63) is 18.5 Å². The molecule has 106 valence electrons. The molecule has 1 fully saturated rings. The average molecular weight is 279 g/mol. The highest BCUT2D eigenvalue weighted by Gasteiger charge is 2.34. The van der Waals surface area contributed by atoms with E-state index < -0.39 is 0 Å². The molecule has 1 saturated carbocycles. The third-order valence-electron chi connectivity index (χ3n) is 3.83. The summed E-state index contributed by atoms with van der Waals surface area (Å²) in [6.45, 7) is 8.08. The van der Waals surface area contributed by atoms with E-state index >= 15 is 0 Å². The first kappa shape index (κ1) is 14.8. The van der Waals surface area contributed by atoms with Crippen molar-refractivity contribution in [2.75, 3.05) is 6.54 Å². The molecule has 1 N–H and O–H groups in total. The maximum absolute atomic E-state index is 4.37. The largest absolute Gasteiger partial charge is 0.313 e. The van der Waals surface area contributed by atoms with E-state index in [1.54, 1.807) is 0 Å². The molecule has 3 nitrogen and oxygen atoms in total. The van der Waals surface area contributed by atoms with E-state index in [1.165, 1.54) is 19.3 Å². The normalized spacial score (nSPS) is 31.3. The van der Waals surface area contributed by atoms with Crippen molar-refractivity contribution < 1.29 is 0 Å². The zero-order valence-corrected chi connectivity index (χ0v) is 13.0. The lowest BCUT2D eigenvalue weighted by atomic mass is 9.80. The summed E-state index contributed by atoms with van der Waals surface area (Å²) in [7, 11) is 0. The third-order valence-corrected chi connectivity index (χ3v) is 5.31. The molecule has 0 spiro atoms. The van der Waals surface area contributed by atoms with Crippen LogP contribution in [0.3, 0.4) is 0 Å². The van der Waals surface area contributed by atoms with E-state index in [2.05, 4.69) is 36.1 Å². The summed E-state index contributed by atoms with van der Waals surface area (Å²) in [5.41, 5.74) is 0. The Morgan fingerprint density at radius 3 is 2.68 bits per heavy atom. The Hall–Kier alpha value is -0.610. The number of aromatic nitrogens is 2. The Morgan fingerprint density at radius 2 is 2.00 bits per heavy atom. The van der Waals surface area contributed by atoms with E-state index in [1.807, 2.05) is 30.2 Å². The number of hydrogen-bond acceptors (Lipinski definition) is 4. The molecule has 19 heavy (non-hydrogen) atoms. The summed E-state index contributed by atoms with van der Waals surface area (Å²) in [6, 6.07) is 2.47. The molecule has 1 aliphatic carbocycles. The Bertz CT molecular complexity index is 371. The van der Waals surface area contributed by atoms with Gasteiger partial charge in [0.2, 0.25) is 0 Å². The van der Waals surface area contributed by atoms with E-state index in [-0.39, 0.29) is 0 Å². The van der Waals surface area contributed by atoms with Gasteiger partial charge in [-0.1, -0.05) is 32.5 Å². The molecule has 0 amide bonds. The van der Waals surface area contributed by atoms with E-state index in [0.717, 1.165) is 17.6 Å². The van der Waals surface area contributed by atoms with Crippen LogP contribution in [0.1, 0.15) is 40.0 Å². The van der Waals surface area contributed by atoms with Crippen LogP contribution in [0, 0.1) is 11.8 Å². The first-order valence-electron chi connectivity index (χ1n) is 7.37. The molecule has 0 radical (unpaired) electrons. The first-order valence-corrected chi connectivity index (χ1v) is 8.25. The fourth-order valence-electron chi connectivity index (χ4n) is 3.02.